The Bertz CT molecular complexity index is 1130. The Morgan fingerprint density at radius 2 is 0.881 bits per heavy atom. The Kier molecular flexibility index (Phi) is 33.7. The Hall–Kier alpha value is -1.67. The predicted molar refractivity (Wildman–Crippen MR) is 230 cm³/mol. The van der Waals surface area contributed by atoms with Gasteiger partial charge in [-0.3, -0.25) is 18.6 Å². The molecule has 0 radical (unpaired) electrons. The fraction of sp³-hybridized carbons (Fsp3) is 0.867. The van der Waals surface area contributed by atoms with Crippen molar-refractivity contribution in [1.29, 1.82) is 0 Å². The molecule has 0 aliphatic heterocycles. The van der Waals surface area contributed by atoms with Crippen LogP contribution in [-0.2, 0) is 32.7 Å². The summed E-state index contributed by atoms with van der Waals surface area (Å²) in [4.78, 5) is 35.6. The van der Waals surface area contributed by atoms with Gasteiger partial charge in [0.15, 0.2) is 6.10 Å². The van der Waals surface area contributed by atoms with Gasteiger partial charge in [0.05, 0.1) is 6.61 Å². The average molecular weight is 863 g/mol. The molecule has 0 amide bonds. The zero-order valence-corrected chi connectivity index (χ0v) is 37.4. The van der Waals surface area contributed by atoms with Gasteiger partial charge in [-0.05, 0) is 57.8 Å². The maximum absolute atomic E-state index is 12.8. The number of rotatable bonds is 38. The maximum Gasteiger partial charge on any atom is 0.472 e. The molecule has 13 nitrogen and oxygen atoms in total. The molecule has 1 aliphatic carbocycles. The summed E-state index contributed by atoms with van der Waals surface area (Å²) >= 11 is 0. The van der Waals surface area contributed by atoms with E-state index in [1.807, 2.05) is 0 Å². The molecule has 0 saturated heterocycles. The molecule has 346 valence electrons. The first-order valence-electron chi connectivity index (χ1n) is 23.1. The zero-order chi connectivity index (χ0) is 43.6. The van der Waals surface area contributed by atoms with Crippen LogP contribution in [-0.4, -0.2) is 98.3 Å². The molecule has 1 fully saturated rings. The van der Waals surface area contributed by atoms with Crippen molar-refractivity contribution >= 4 is 19.8 Å². The lowest BCUT2D eigenvalue weighted by Crippen LogP contribution is -2.64. The van der Waals surface area contributed by atoms with Crippen LogP contribution in [0.2, 0.25) is 0 Å². The molecule has 0 spiro atoms. The summed E-state index contributed by atoms with van der Waals surface area (Å²) in [6.07, 6.45) is 25.3. The lowest BCUT2D eigenvalue weighted by molar-refractivity contribution is -0.220. The van der Waals surface area contributed by atoms with Crippen LogP contribution in [0.3, 0.4) is 0 Å². The Balaban J connectivity index is 2.44. The third kappa shape index (κ3) is 28.5. The van der Waals surface area contributed by atoms with E-state index >= 15 is 0 Å². The molecule has 0 aromatic heterocycles. The summed E-state index contributed by atoms with van der Waals surface area (Å²) in [5.74, 6) is -1.11. The molecule has 1 aliphatic rings. The third-order valence-corrected chi connectivity index (χ3v) is 11.8. The van der Waals surface area contributed by atoms with Crippen LogP contribution in [0.25, 0.3) is 0 Å². The molecule has 0 aromatic rings. The Morgan fingerprint density at radius 3 is 1.34 bits per heavy atom. The van der Waals surface area contributed by atoms with Crippen molar-refractivity contribution < 1.29 is 63.1 Å². The highest BCUT2D eigenvalue weighted by molar-refractivity contribution is 7.47. The summed E-state index contributed by atoms with van der Waals surface area (Å²) in [7, 11) is -5.12. The molecule has 14 heteroatoms. The Labute approximate surface area is 356 Å². The number of allylic oxidation sites excluding steroid dienone is 4. The number of phosphoric ester groups is 1. The largest absolute Gasteiger partial charge is 0.472 e. The standard InChI is InChI=1S/C45H83O13P/c1-3-5-7-9-11-13-15-16-17-18-19-20-21-22-24-26-28-30-32-34-39(47)57-37(35-55-38(46)33-31-29-27-25-23-14-12-10-8-6-4-2)36-56-59(53,54)58-45-43(51)41(49)40(48)42(50)44(45)52/h10,12,18-19,37,40-45,48-52H,3-9,11,13-17,20-36H2,1-2H3,(H,53,54)/b12-10-,19-18-/t37-,40?,41-,42?,43?,44?,45?/m1/s1. The monoisotopic (exact) mass is 863 g/mol. The minimum atomic E-state index is -5.12. The first-order valence-corrected chi connectivity index (χ1v) is 24.6. The summed E-state index contributed by atoms with van der Waals surface area (Å²) in [5.41, 5.74) is 0. The molecular formula is C45H83O13P. The van der Waals surface area contributed by atoms with Gasteiger partial charge in [0, 0.05) is 12.8 Å². The van der Waals surface area contributed by atoms with Gasteiger partial charge in [0.1, 0.15) is 43.2 Å². The van der Waals surface area contributed by atoms with E-state index in [1.165, 1.54) is 83.5 Å². The van der Waals surface area contributed by atoms with Gasteiger partial charge in [-0.25, -0.2) is 4.57 Å². The molecule has 59 heavy (non-hydrogen) atoms. The number of carbonyl (C=O) groups is 2. The fourth-order valence-corrected chi connectivity index (χ4v) is 7.94. The molecule has 0 bridgehead atoms. The van der Waals surface area contributed by atoms with Crippen LogP contribution in [0.4, 0.5) is 0 Å². The lowest BCUT2D eigenvalue weighted by Gasteiger charge is -2.41. The summed E-state index contributed by atoms with van der Waals surface area (Å²) < 4.78 is 33.5. The lowest BCUT2D eigenvalue weighted by atomic mass is 9.85. The zero-order valence-electron chi connectivity index (χ0n) is 36.6. The van der Waals surface area contributed by atoms with Gasteiger partial charge >= 0.3 is 19.8 Å². The van der Waals surface area contributed by atoms with E-state index in [0.717, 1.165) is 70.6 Å². The van der Waals surface area contributed by atoms with Gasteiger partial charge < -0.3 is 39.9 Å². The van der Waals surface area contributed by atoms with Gasteiger partial charge in [0.2, 0.25) is 0 Å². The predicted octanol–water partition coefficient (Wildman–Crippen LogP) is 8.84. The number of hydrogen-bond acceptors (Lipinski definition) is 12. The van der Waals surface area contributed by atoms with Crippen molar-refractivity contribution in [3.8, 4) is 0 Å². The van der Waals surface area contributed by atoms with Crippen molar-refractivity contribution in [3.05, 3.63) is 24.3 Å². The number of unbranched alkanes of at least 4 members (excludes halogenated alkanes) is 22. The molecule has 6 unspecified atom stereocenters. The van der Waals surface area contributed by atoms with Crippen molar-refractivity contribution in [2.24, 2.45) is 0 Å². The molecular weight excluding hydrogens is 779 g/mol. The van der Waals surface area contributed by atoms with Gasteiger partial charge in [-0.2, -0.15) is 0 Å². The maximum atomic E-state index is 12.8. The van der Waals surface area contributed by atoms with Crippen molar-refractivity contribution in [1.82, 2.24) is 0 Å². The highest BCUT2D eigenvalue weighted by atomic mass is 31.2. The van der Waals surface area contributed by atoms with Crippen molar-refractivity contribution in [3.63, 3.8) is 0 Å². The topological polar surface area (TPSA) is 210 Å². The number of esters is 2. The second-order valence-corrected chi connectivity index (χ2v) is 17.7. The van der Waals surface area contributed by atoms with E-state index in [2.05, 4.69) is 38.2 Å². The first kappa shape index (κ1) is 55.3. The van der Waals surface area contributed by atoms with Gasteiger partial charge in [0.25, 0.3) is 0 Å². The quantitative estimate of drug-likeness (QED) is 0.0149. The Morgan fingerprint density at radius 1 is 0.508 bits per heavy atom. The van der Waals surface area contributed by atoms with E-state index in [0.29, 0.717) is 12.8 Å². The minimum absolute atomic E-state index is 0.0917. The number of aliphatic hydroxyl groups is 5. The molecule has 1 saturated carbocycles. The second-order valence-electron chi connectivity index (χ2n) is 16.3. The number of carbonyl (C=O) groups excluding carboxylic acids is 2. The van der Waals surface area contributed by atoms with E-state index in [9.17, 15) is 44.6 Å². The average Bonchev–Trinajstić information content (AvgIpc) is 3.21. The smallest absolute Gasteiger partial charge is 0.462 e. The van der Waals surface area contributed by atoms with Crippen molar-refractivity contribution in [2.75, 3.05) is 13.2 Å². The van der Waals surface area contributed by atoms with Crippen LogP contribution in [0.15, 0.2) is 24.3 Å². The van der Waals surface area contributed by atoms with Crippen LogP contribution >= 0.6 is 7.82 Å². The highest BCUT2D eigenvalue weighted by Gasteiger charge is 2.51. The summed E-state index contributed by atoms with van der Waals surface area (Å²) in [6.45, 7) is 3.25. The normalized spacial score (nSPS) is 22.5. The minimum Gasteiger partial charge on any atom is -0.462 e. The molecule has 0 aromatic carbocycles. The molecule has 0 heterocycles. The number of hydrogen-bond donors (Lipinski definition) is 6. The second kappa shape index (κ2) is 35.9. The third-order valence-electron chi connectivity index (χ3n) is 10.8. The van der Waals surface area contributed by atoms with E-state index < -0.39 is 75.7 Å². The van der Waals surface area contributed by atoms with Crippen LogP contribution in [0.1, 0.15) is 194 Å². The molecule has 1 rings (SSSR count). The fourth-order valence-electron chi connectivity index (χ4n) is 6.97. The molecule has 6 N–H and O–H groups in total. The van der Waals surface area contributed by atoms with E-state index in [1.54, 1.807) is 0 Å². The van der Waals surface area contributed by atoms with E-state index in [4.69, 9.17) is 18.5 Å². The van der Waals surface area contributed by atoms with Crippen LogP contribution in [0.5, 0.6) is 0 Å². The van der Waals surface area contributed by atoms with Gasteiger partial charge in [-0.15, -0.1) is 0 Å². The SMILES string of the molecule is CCCC/C=C\CCCCCCCC(=O)OC[C@H](COP(=O)(O)OC1C(O)C(O)C(O)[C@@H](O)C1O)OC(=O)CCCCCCCCC/C=C\CCCCCCCCCC. The first-order chi connectivity index (χ1) is 28.4. The summed E-state index contributed by atoms with van der Waals surface area (Å²) in [5, 5.41) is 50.1. The van der Waals surface area contributed by atoms with Crippen LogP contribution < -0.4 is 0 Å². The van der Waals surface area contributed by atoms with Gasteiger partial charge in [-0.1, -0.05) is 147 Å². The van der Waals surface area contributed by atoms with Crippen molar-refractivity contribution in [2.45, 2.75) is 236 Å². The van der Waals surface area contributed by atoms with Crippen LogP contribution in [0, 0.1) is 0 Å². The van der Waals surface area contributed by atoms with E-state index in [-0.39, 0.29) is 12.8 Å². The highest BCUT2D eigenvalue weighted by Crippen LogP contribution is 2.47. The molecule has 8 atom stereocenters. The number of phosphoric acid groups is 1. The number of ether oxygens (including phenoxy) is 2. The summed E-state index contributed by atoms with van der Waals surface area (Å²) in [6, 6.07) is 0. The number of aliphatic hydroxyl groups excluding tert-OH is 5.